The Hall–Kier alpha value is -1.30. The largest absolute Gasteiger partial charge is 0.548 e. The zero-order valence-corrected chi connectivity index (χ0v) is 11.8. The summed E-state index contributed by atoms with van der Waals surface area (Å²) in [5.41, 5.74) is -1.93. The first-order valence-electron chi connectivity index (χ1n) is 5.72. The van der Waals surface area contributed by atoms with Crippen molar-refractivity contribution in [2.24, 2.45) is 0 Å². The molecule has 0 aliphatic heterocycles. The van der Waals surface area contributed by atoms with E-state index in [1.165, 1.54) is 20.9 Å². The Kier molecular flexibility index (Phi) is 5.16. The average molecular weight is 260 g/mol. The van der Waals surface area contributed by atoms with Gasteiger partial charge in [-0.15, -0.1) is 0 Å². The molecule has 0 aliphatic rings. The number of hydrogen-bond donors (Lipinski definition) is 1. The van der Waals surface area contributed by atoms with Gasteiger partial charge in [0, 0.05) is 13.5 Å². The van der Waals surface area contributed by atoms with E-state index >= 15 is 0 Å². The molecule has 1 N–H and O–H groups in total. The van der Waals surface area contributed by atoms with Gasteiger partial charge in [0.15, 0.2) is 0 Å². The Balaban J connectivity index is 4.83. The molecule has 0 aromatic rings. The highest BCUT2D eigenvalue weighted by Crippen LogP contribution is 2.17. The number of likely N-dealkylation sites (N-methyl/N-ethyl adjacent to an activating group) is 1. The predicted molar refractivity (Wildman–Crippen MR) is 63.7 cm³/mol. The van der Waals surface area contributed by atoms with Gasteiger partial charge in [0.05, 0.1) is 17.6 Å². The quantitative estimate of drug-likeness (QED) is 0.776. The Morgan fingerprint density at radius 2 is 1.72 bits per heavy atom. The van der Waals surface area contributed by atoms with Gasteiger partial charge in [-0.05, 0) is 34.6 Å². The van der Waals surface area contributed by atoms with Crippen molar-refractivity contribution in [2.75, 3.05) is 7.05 Å². The molecule has 106 valence electrons. The summed E-state index contributed by atoms with van der Waals surface area (Å²) < 4.78 is 5.06. The summed E-state index contributed by atoms with van der Waals surface area (Å²) in [5.74, 6) is -1.43. The molecule has 0 bridgehead atoms. The Bertz CT molecular complexity index is 313. The third-order valence-corrected chi connectivity index (χ3v) is 2.11. The maximum Gasteiger partial charge on any atom is 0.410 e. The number of hydrogen-bond acceptors (Lipinski definition) is 5. The highest BCUT2D eigenvalue weighted by molar-refractivity contribution is 5.78. The highest BCUT2D eigenvalue weighted by Gasteiger charge is 2.30. The number of carbonyl (C=O) groups excluding carboxylic acids is 2. The Morgan fingerprint density at radius 1 is 1.28 bits per heavy atom. The zero-order valence-electron chi connectivity index (χ0n) is 11.8. The number of amides is 1. The van der Waals surface area contributed by atoms with Crippen LogP contribution in [-0.4, -0.2) is 46.4 Å². The molecule has 6 heteroatoms. The van der Waals surface area contributed by atoms with E-state index in [1.54, 1.807) is 20.8 Å². The summed E-state index contributed by atoms with van der Waals surface area (Å²) in [4.78, 5) is 23.7. The van der Waals surface area contributed by atoms with Gasteiger partial charge in [0.2, 0.25) is 0 Å². The van der Waals surface area contributed by atoms with E-state index in [1.807, 2.05) is 0 Å². The maximum absolute atomic E-state index is 11.7. The molecular formula is C12H22NO5-. The number of carboxylic acids is 1. The standard InChI is InChI=1S/C12H23NO5/c1-11(2,3)18-10(16)13(6)8(9(14)15)7-12(4,5)17/h8,17H,7H2,1-6H3,(H,14,15)/p-1. The molecule has 1 unspecified atom stereocenters. The second-order valence-electron chi connectivity index (χ2n) is 5.94. The number of carboxylic acid groups (broad SMARTS) is 1. The van der Waals surface area contributed by atoms with Crippen LogP contribution in [-0.2, 0) is 9.53 Å². The normalized spacial score (nSPS) is 13.9. The fourth-order valence-electron chi connectivity index (χ4n) is 1.31. The van der Waals surface area contributed by atoms with Crippen LogP contribution in [0.25, 0.3) is 0 Å². The van der Waals surface area contributed by atoms with Crippen LogP contribution in [0.5, 0.6) is 0 Å². The minimum atomic E-state index is -1.43. The molecule has 6 nitrogen and oxygen atoms in total. The molecule has 0 aromatic heterocycles. The molecule has 0 saturated heterocycles. The van der Waals surface area contributed by atoms with Crippen molar-refractivity contribution in [1.82, 2.24) is 4.90 Å². The molecule has 0 heterocycles. The lowest BCUT2D eigenvalue weighted by atomic mass is 9.98. The SMILES string of the molecule is CN(C(=O)OC(C)(C)C)C(CC(C)(C)O)C(=O)[O-]. The molecule has 0 saturated carbocycles. The number of carbonyl (C=O) groups is 2. The van der Waals surface area contributed by atoms with E-state index in [-0.39, 0.29) is 6.42 Å². The zero-order chi connectivity index (χ0) is 14.7. The molecule has 0 aliphatic carbocycles. The van der Waals surface area contributed by atoms with Gasteiger partial charge in [-0.1, -0.05) is 0 Å². The molecule has 0 spiro atoms. The van der Waals surface area contributed by atoms with E-state index in [9.17, 15) is 19.8 Å². The summed E-state index contributed by atoms with van der Waals surface area (Å²) >= 11 is 0. The number of nitrogens with zero attached hydrogens (tertiary/aromatic N) is 1. The predicted octanol–water partition coefficient (Wildman–Crippen LogP) is 0.133. The molecular weight excluding hydrogens is 238 g/mol. The second kappa shape index (κ2) is 5.56. The van der Waals surface area contributed by atoms with Gasteiger partial charge in [0.25, 0.3) is 0 Å². The van der Waals surface area contributed by atoms with Gasteiger partial charge in [-0.3, -0.25) is 0 Å². The first kappa shape index (κ1) is 16.7. The maximum atomic E-state index is 11.7. The summed E-state index contributed by atoms with van der Waals surface area (Å²) in [6.07, 6.45) is -0.897. The van der Waals surface area contributed by atoms with E-state index in [0.717, 1.165) is 4.90 Å². The lowest BCUT2D eigenvalue weighted by Gasteiger charge is -2.34. The van der Waals surface area contributed by atoms with Crippen molar-refractivity contribution in [2.45, 2.75) is 58.3 Å². The number of ether oxygens (including phenoxy) is 1. The second-order valence-corrected chi connectivity index (χ2v) is 5.94. The third kappa shape index (κ3) is 6.44. The third-order valence-electron chi connectivity index (χ3n) is 2.11. The molecule has 0 aromatic carbocycles. The minimum Gasteiger partial charge on any atom is -0.548 e. The van der Waals surface area contributed by atoms with E-state index in [2.05, 4.69) is 0 Å². The molecule has 1 atom stereocenters. The van der Waals surface area contributed by atoms with Crippen LogP contribution in [0.1, 0.15) is 41.0 Å². The smallest absolute Gasteiger partial charge is 0.410 e. The molecule has 0 fully saturated rings. The van der Waals surface area contributed by atoms with Gasteiger partial charge in [-0.25, -0.2) is 4.79 Å². The lowest BCUT2D eigenvalue weighted by molar-refractivity contribution is -0.312. The van der Waals surface area contributed by atoms with Crippen LogP contribution in [0.15, 0.2) is 0 Å². The van der Waals surface area contributed by atoms with Crippen molar-refractivity contribution in [3.63, 3.8) is 0 Å². The highest BCUT2D eigenvalue weighted by atomic mass is 16.6. The first-order chi connectivity index (χ1) is 7.83. The van der Waals surface area contributed by atoms with Crippen molar-refractivity contribution >= 4 is 12.1 Å². The van der Waals surface area contributed by atoms with Crippen LogP contribution < -0.4 is 5.11 Å². The first-order valence-corrected chi connectivity index (χ1v) is 5.72. The number of rotatable bonds is 4. The van der Waals surface area contributed by atoms with Crippen LogP contribution in [0, 0.1) is 0 Å². The van der Waals surface area contributed by atoms with Gasteiger partial charge in [-0.2, -0.15) is 0 Å². The molecule has 18 heavy (non-hydrogen) atoms. The Labute approximate surface area is 108 Å². The fraction of sp³-hybridized carbons (Fsp3) is 0.833. The van der Waals surface area contributed by atoms with E-state index in [0.29, 0.717) is 0 Å². The van der Waals surface area contributed by atoms with Crippen LogP contribution in [0.2, 0.25) is 0 Å². The van der Waals surface area contributed by atoms with Gasteiger partial charge < -0.3 is 24.6 Å². The molecule has 0 rings (SSSR count). The summed E-state index contributed by atoms with van der Waals surface area (Å²) in [5, 5.41) is 20.6. The van der Waals surface area contributed by atoms with Gasteiger partial charge >= 0.3 is 6.09 Å². The van der Waals surface area contributed by atoms with E-state index in [4.69, 9.17) is 4.74 Å². The number of aliphatic hydroxyl groups is 1. The average Bonchev–Trinajstić information content (AvgIpc) is 2.08. The summed E-state index contributed by atoms with van der Waals surface area (Å²) in [6.45, 7) is 7.98. The molecule has 1 amide bonds. The lowest BCUT2D eigenvalue weighted by Crippen LogP contribution is -2.52. The van der Waals surface area contributed by atoms with Crippen LogP contribution in [0.3, 0.4) is 0 Å². The monoisotopic (exact) mass is 260 g/mol. The number of aliphatic carboxylic acids is 1. The van der Waals surface area contributed by atoms with Crippen molar-refractivity contribution in [3.8, 4) is 0 Å². The van der Waals surface area contributed by atoms with E-state index < -0.39 is 29.3 Å². The Morgan fingerprint density at radius 3 is 2.00 bits per heavy atom. The fourth-order valence-corrected chi connectivity index (χ4v) is 1.31. The van der Waals surface area contributed by atoms with Crippen molar-refractivity contribution in [3.05, 3.63) is 0 Å². The topological polar surface area (TPSA) is 89.9 Å². The van der Waals surface area contributed by atoms with Crippen molar-refractivity contribution in [1.29, 1.82) is 0 Å². The van der Waals surface area contributed by atoms with Crippen LogP contribution in [0.4, 0.5) is 4.79 Å². The van der Waals surface area contributed by atoms with Gasteiger partial charge in [0.1, 0.15) is 5.60 Å². The minimum absolute atomic E-state index is 0.134. The van der Waals surface area contributed by atoms with Crippen molar-refractivity contribution < 1.29 is 24.5 Å². The summed E-state index contributed by atoms with van der Waals surface area (Å²) in [7, 11) is 1.31. The summed E-state index contributed by atoms with van der Waals surface area (Å²) in [6, 6.07) is -1.24. The molecule has 0 radical (unpaired) electrons. The van der Waals surface area contributed by atoms with Crippen LogP contribution >= 0.6 is 0 Å².